The fourth-order valence-electron chi connectivity index (χ4n) is 4.87. The first-order valence-electron chi connectivity index (χ1n) is 11.0. The second kappa shape index (κ2) is 9.14. The Hall–Kier alpha value is -2.16. The smallest absolute Gasteiger partial charge is 0.324 e. The van der Waals surface area contributed by atoms with Gasteiger partial charge in [0.2, 0.25) is 5.91 Å². The van der Waals surface area contributed by atoms with Gasteiger partial charge in [-0.05, 0) is 30.9 Å². The number of rotatable bonds is 5. The van der Waals surface area contributed by atoms with Crippen molar-refractivity contribution in [1.82, 2.24) is 20.0 Å². The van der Waals surface area contributed by atoms with E-state index in [1.807, 2.05) is 12.1 Å². The molecule has 1 saturated carbocycles. The molecule has 1 aromatic rings. The molecule has 2 atom stereocenters. The van der Waals surface area contributed by atoms with E-state index in [0.29, 0.717) is 43.6 Å². The van der Waals surface area contributed by atoms with E-state index in [1.165, 1.54) is 4.90 Å². The SMILES string of the molecule is CC1CCCCC12NC(=O)N(CN1CCN(CC(=O)Nc3ccccc3Cl)CC1)C2=O. The third kappa shape index (κ3) is 4.56. The Bertz CT molecular complexity index is 857. The molecule has 168 valence electrons. The van der Waals surface area contributed by atoms with Crippen molar-refractivity contribution in [2.75, 3.05) is 44.7 Å². The van der Waals surface area contributed by atoms with Crippen molar-refractivity contribution < 1.29 is 14.4 Å². The Morgan fingerprint density at radius 1 is 1.16 bits per heavy atom. The van der Waals surface area contributed by atoms with E-state index in [2.05, 4.69) is 27.4 Å². The molecule has 2 aliphatic heterocycles. The molecule has 1 spiro atoms. The summed E-state index contributed by atoms with van der Waals surface area (Å²) in [6.07, 6.45) is 3.77. The highest BCUT2D eigenvalue weighted by molar-refractivity contribution is 6.33. The molecule has 3 fully saturated rings. The fraction of sp³-hybridized carbons (Fsp3) is 0.591. The first-order valence-corrected chi connectivity index (χ1v) is 11.4. The van der Waals surface area contributed by atoms with Gasteiger partial charge < -0.3 is 10.6 Å². The molecule has 2 heterocycles. The lowest BCUT2D eigenvalue weighted by atomic mass is 9.73. The maximum atomic E-state index is 13.1. The number of amides is 4. The van der Waals surface area contributed by atoms with Crippen molar-refractivity contribution in [3.8, 4) is 0 Å². The number of urea groups is 1. The number of para-hydroxylation sites is 1. The molecule has 0 bridgehead atoms. The lowest BCUT2D eigenvalue weighted by molar-refractivity contribution is -0.136. The Morgan fingerprint density at radius 3 is 2.58 bits per heavy atom. The van der Waals surface area contributed by atoms with Gasteiger partial charge in [0.05, 0.1) is 23.9 Å². The number of hydrogen-bond acceptors (Lipinski definition) is 5. The average Bonchev–Trinajstić information content (AvgIpc) is 2.98. The van der Waals surface area contributed by atoms with Gasteiger partial charge in [-0.25, -0.2) is 9.69 Å². The van der Waals surface area contributed by atoms with Crippen LogP contribution in [0.1, 0.15) is 32.6 Å². The van der Waals surface area contributed by atoms with Gasteiger partial charge >= 0.3 is 6.03 Å². The third-order valence-corrected chi connectivity index (χ3v) is 7.15. The van der Waals surface area contributed by atoms with Crippen LogP contribution in [0.15, 0.2) is 24.3 Å². The molecule has 3 aliphatic rings. The Morgan fingerprint density at radius 2 is 1.87 bits per heavy atom. The molecule has 2 unspecified atom stereocenters. The molecule has 4 amide bonds. The third-order valence-electron chi connectivity index (χ3n) is 6.82. The maximum absolute atomic E-state index is 13.1. The number of imide groups is 1. The number of carbonyl (C=O) groups excluding carboxylic acids is 3. The van der Waals surface area contributed by atoms with Crippen LogP contribution in [-0.4, -0.2) is 77.5 Å². The van der Waals surface area contributed by atoms with Crippen LogP contribution in [0.4, 0.5) is 10.5 Å². The standard InChI is InChI=1S/C22H30ClN5O3/c1-16-6-4-5-9-22(16)20(30)28(21(31)25-22)15-27-12-10-26(11-13-27)14-19(29)24-18-8-3-2-7-17(18)23/h2-3,7-8,16H,4-6,9-15H2,1H3,(H,24,29)(H,25,31). The molecular weight excluding hydrogens is 418 g/mol. The maximum Gasteiger partial charge on any atom is 0.326 e. The van der Waals surface area contributed by atoms with Crippen LogP contribution < -0.4 is 10.6 Å². The Balaban J connectivity index is 1.26. The number of halogens is 1. The second-order valence-corrected chi connectivity index (χ2v) is 9.25. The second-order valence-electron chi connectivity index (χ2n) is 8.85. The number of piperazine rings is 1. The summed E-state index contributed by atoms with van der Waals surface area (Å²) in [6, 6.07) is 6.88. The van der Waals surface area contributed by atoms with E-state index >= 15 is 0 Å². The minimum Gasteiger partial charge on any atom is -0.324 e. The molecule has 2 saturated heterocycles. The number of hydrogen-bond donors (Lipinski definition) is 2. The number of carbonyl (C=O) groups is 3. The van der Waals surface area contributed by atoms with E-state index in [0.717, 1.165) is 25.7 Å². The summed E-state index contributed by atoms with van der Waals surface area (Å²) in [5, 5.41) is 6.36. The summed E-state index contributed by atoms with van der Waals surface area (Å²) in [4.78, 5) is 43.6. The zero-order chi connectivity index (χ0) is 22.0. The first-order chi connectivity index (χ1) is 14.9. The molecular formula is C22H30ClN5O3. The van der Waals surface area contributed by atoms with Crippen molar-refractivity contribution in [3.63, 3.8) is 0 Å². The van der Waals surface area contributed by atoms with Crippen LogP contribution in [0.25, 0.3) is 0 Å². The summed E-state index contributed by atoms with van der Waals surface area (Å²) in [6.45, 7) is 5.43. The van der Waals surface area contributed by atoms with Crippen molar-refractivity contribution in [1.29, 1.82) is 0 Å². The van der Waals surface area contributed by atoms with Crippen LogP contribution in [0, 0.1) is 5.92 Å². The minimum atomic E-state index is -0.714. The minimum absolute atomic E-state index is 0.0775. The summed E-state index contributed by atoms with van der Waals surface area (Å²) in [5.41, 5.74) is -0.106. The van der Waals surface area contributed by atoms with Crippen LogP contribution in [0.5, 0.6) is 0 Å². The monoisotopic (exact) mass is 447 g/mol. The summed E-state index contributed by atoms with van der Waals surface area (Å²) in [5.74, 6) is -0.0219. The van der Waals surface area contributed by atoms with Crippen LogP contribution in [0.2, 0.25) is 5.02 Å². The molecule has 1 aromatic carbocycles. The molecule has 1 aliphatic carbocycles. The molecule has 4 rings (SSSR count). The zero-order valence-electron chi connectivity index (χ0n) is 17.9. The highest BCUT2D eigenvalue weighted by Gasteiger charge is 2.55. The largest absolute Gasteiger partial charge is 0.326 e. The zero-order valence-corrected chi connectivity index (χ0v) is 18.7. The van der Waals surface area contributed by atoms with Gasteiger partial charge in [-0.3, -0.25) is 19.4 Å². The molecule has 31 heavy (non-hydrogen) atoms. The summed E-state index contributed by atoms with van der Waals surface area (Å²) >= 11 is 6.10. The topological polar surface area (TPSA) is 85.0 Å². The first kappa shape index (κ1) is 22.0. The quantitative estimate of drug-likeness (QED) is 0.677. The van der Waals surface area contributed by atoms with E-state index in [9.17, 15) is 14.4 Å². The molecule has 9 heteroatoms. The van der Waals surface area contributed by atoms with Crippen molar-refractivity contribution in [2.45, 2.75) is 38.1 Å². The average molecular weight is 448 g/mol. The van der Waals surface area contributed by atoms with Gasteiger partial charge in [-0.15, -0.1) is 0 Å². The van der Waals surface area contributed by atoms with E-state index in [-0.39, 0.29) is 30.3 Å². The van der Waals surface area contributed by atoms with Gasteiger partial charge in [-0.2, -0.15) is 0 Å². The Kier molecular flexibility index (Phi) is 6.50. The molecule has 8 nitrogen and oxygen atoms in total. The number of benzene rings is 1. The van der Waals surface area contributed by atoms with Gasteiger partial charge in [0.25, 0.3) is 5.91 Å². The lowest BCUT2D eigenvalue weighted by Crippen LogP contribution is -2.55. The van der Waals surface area contributed by atoms with Gasteiger partial charge in [0.15, 0.2) is 0 Å². The molecule has 2 N–H and O–H groups in total. The number of nitrogens with one attached hydrogen (secondary N) is 2. The van der Waals surface area contributed by atoms with Gasteiger partial charge in [0.1, 0.15) is 5.54 Å². The number of nitrogens with zero attached hydrogens (tertiary/aromatic N) is 3. The van der Waals surface area contributed by atoms with E-state index in [1.54, 1.807) is 12.1 Å². The lowest BCUT2D eigenvalue weighted by Gasteiger charge is -2.38. The predicted molar refractivity (Wildman–Crippen MR) is 119 cm³/mol. The van der Waals surface area contributed by atoms with Crippen LogP contribution >= 0.6 is 11.6 Å². The van der Waals surface area contributed by atoms with E-state index < -0.39 is 5.54 Å². The number of anilines is 1. The van der Waals surface area contributed by atoms with Gasteiger partial charge in [0, 0.05) is 26.2 Å². The Labute approximate surface area is 187 Å². The van der Waals surface area contributed by atoms with Crippen LogP contribution in [-0.2, 0) is 9.59 Å². The molecule has 0 aromatic heterocycles. The molecule has 0 radical (unpaired) electrons. The fourth-order valence-corrected chi connectivity index (χ4v) is 5.05. The van der Waals surface area contributed by atoms with E-state index in [4.69, 9.17) is 11.6 Å². The van der Waals surface area contributed by atoms with Gasteiger partial charge in [-0.1, -0.05) is 43.5 Å². The summed E-state index contributed by atoms with van der Waals surface area (Å²) < 4.78 is 0. The highest BCUT2D eigenvalue weighted by Crippen LogP contribution is 2.38. The summed E-state index contributed by atoms with van der Waals surface area (Å²) in [7, 11) is 0. The van der Waals surface area contributed by atoms with Crippen LogP contribution in [0.3, 0.4) is 0 Å². The highest BCUT2D eigenvalue weighted by atomic mass is 35.5. The normalized spacial score (nSPS) is 27.5. The van der Waals surface area contributed by atoms with Crippen molar-refractivity contribution in [3.05, 3.63) is 29.3 Å². The van der Waals surface area contributed by atoms with Crippen molar-refractivity contribution >= 4 is 35.1 Å². The predicted octanol–water partition coefficient (Wildman–Crippen LogP) is 2.35. The van der Waals surface area contributed by atoms with Crippen molar-refractivity contribution in [2.24, 2.45) is 5.92 Å².